The summed E-state index contributed by atoms with van der Waals surface area (Å²) in [7, 11) is 0. The number of ether oxygens (including phenoxy) is 4. The molecule has 0 aromatic carbocycles. The molecule has 69 heavy (non-hydrogen) atoms. The number of amides is 1. The maximum Gasteiger partial charge on any atom is 0.220 e. The van der Waals surface area contributed by atoms with Crippen LogP contribution in [-0.2, 0) is 23.7 Å². The molecule has 1 amide bonds. The maximum atomic E-state index is 13.1. The number of hydrogen-bond donors (Lipinski definition) is 9. The zero-order chi connectivity index (χ0) is 50.3. The van der Waals surface area contributed by atoms with Crippen LogP contribution in [0, 0.1) is 0 Å². The third kappa shape index (κ3) is 28.3. The van der Waals surface area contributed by atoms with E-state index in [1.54, 1.807) is 0 Å². The van der Waals surface area contributed by atoms with E-state index in [0.717, 1.165) is 77.0 Å². The zero-order valence-electron chi connectivity index (χ0n) is 43.1. The van der Waals surface area contributed by atoms with Gasteiger partial charge in [0.1, 0.15) is 48.8 Å². The van der Waals surface area contributed by atoms with Crippen molar-refractivity contribution in [1.29, 1.82) is 0 Å². The summed E-state index contributed by atoms with van der Waals surface area (Å²) in [6.07, 6.45) is 32.1. The van der Waals surface area contributed by atoms with Crippen LogP contribution in [0.25, 0.3) is 0 Å². The van der Waals surface area contributed by atoms with Crippen LogP contribution in [0.3, 0.4) is 0 Å². The Kier molecular flexibility index (Phi) is 38.2. The average Bonchev–Trinajstić information content (AvgIpc) is 3.35. The van der Waals surface area contributed by atoms with Gasteiger partial charge in [-0.2, -0.15) is 0 Å². The number of nitrogens with one attached hydrogen (secondary N) is 1. The van der Waals surface area contributed by atoms with Crippen molar-refractivity contribution < 1.29 is 64.6 Å². The molecule has 9 N–H and O–H groups in total. The number of carbonyl (C=O) groups is 1. The van der Waals surface area contributed by atoms with Gasteiger partial charge >= 0.3 is 0 Å². The van der Waals surface area contributed by atoms with E-state index in [9.17, 15) is 45.6 Å². The van der Waals surface area contributed by atoms with E-state index in [1.165, 1.54) is 109 Å². The Morgan fingerprint density at radius 3 is 1.46 bits per heavy atom. The van der Waals surface area contributed by atoms with Gasteiger partial charge in [0.25, 0.3) is 0 Å². The van der Waals surface area contributed by atoms with Crippen molar-refractivity contribution in [1.82, 2.24) is 5.32 Å². The lowest BCUT2D eigenvalue weighted by molar-refractivity contribution is -0.359. The smallest absolute Gasteiger partial charge is 0.220 e. The van der Waals surface area contributed by atoms with Crippen molar-refractivity contribution in [3.8, 4) is 0 Å². The average molecular weight is 984 g/mol. The van der Waals surface area contributed by atoms with Crippen LogP contribution in [0.15, 0.2) is 36.5 Å². The van der Waals surface area contributed by atoms with E-state index in [-0.39, 0.29) is 12.5 Å². The second-order valence-corrected chi connectivity index (χ2v) is 19.7. The van der Waals surface area contributed by atoms with Crippen LogP contribution < -0.4 is 5.32 Å². The summed E-state index contributed by atoms with van der Waals surface area (Å²) < 4.78 is 22.7. The minimum Gasteiger partial charge on any atom is -0.394 e. The van der Waals surface area contributed by atoms with E-state index in [0.29, 0.717) is 12.8 Å². The Morgan fingerprint density at radius 1 is 0.522 bits per heavy atom. The monoisotopic (exact) mass is 984 g/mol. The second-order valence-electron chi connectivity index (χ2n) is 19.7. The van der Waals surface area contributed by atoms with E-state index < -0.39 is 86.8 Å². The minimum absolute atomic E-state index is 0.213. The quantitative estimate of drug-likeness (QED) is 0.0207. The summed E-state index contributed by atoms with van der Waals surface area (Å²) in [4.78, 5) is 13.1. The number of aliphatic hydroxyl groups excluding tert-OH is 8. The first-order valence-electron chi connectivity index (χ1n) is 27.7. The van der Waals surface area contributed by atoms with Gasteiger partial charge in [0.15, 0.2) is 12.6 Å². The Morgan fingerprint density at radius 2 is 0.957 bits per heavy atom. The molecule has 0 aromatic rings. The number of unbranched alkanes of at least 4 members (excludes halogenated alkanes) is 24. The molecule has 14 heteroatoms. The highest BCUT2D eigenvalue weighted by atomic mass is 16.7. The lowest BCUT2D eigenvalue weighted by Gasteiger charge is -2.46. The summed E-state index contributed by atoms with van der Waals surface area (Å²) in [5.41, 5.74) is 0. The molecule has 0 aliphatic carbocycles. The predicted octanol–water partition coefficient (Wildman–Crippen LogP) is 8.27. The first-order valence-corrected chi connectivity index (χ1v) is 27.7. The molecule has 0 saturated carbocycles. The van der Waals surface area contributed by atoms with Crippen molar-refractivity contribution in [2.24, 2.45) is 0 Å². The Hall–Kier alpha value is -1.79. The molecule has 12 atom stereocenters. The predicted molar refractivity (Wildman–Crippen MR) is 272 cm³/mol. The molecule has 2 heterocycles. The molecule has 0 radical (unpaired) electrons. The highest BCUT2D eigenvalue weighted by Crippen LogP contribution is 2.30. The van der Waals surface area contributed by atoms with Crippen molar-refractivity contribution in [3.05, 3.63) is 36.5 Å². The summed E-state index contributed by atoms with van der Waals surface area (Å²) in [6.45, 7) is 2.76. The Labute approximate surface area is 417 Å². The van der Waals surface area contributed by atoms with Crippen LogP contribution in [0.1, 0.15) is 213 Å². The van der Waals surface area contributed by atoms with Gasteiger partial charge < -0.3 is 65.1 Å². The molecule has 2 fully saturated rings. The van der Waals surface area contributed by atoms with Gasteiger partial charge in [0.2, 0.25) is 5.91 Å². The van der Waals surface area contributed by atoms with Gasteiger partial charge in [-0.1, -0.05) is 192 Å². The Balaban J connectivity index is 1.61. The summed E-state index contributed by atoms with van der Waals surface area (Å²) in [5.74, 6) is -0.213. The first kappa shape index (κ1) is 63.3. The maximum absolute atomic E-state index is 13.1. The molecule has 2 rings (SSSR count). The standard InChI is InChI=1S/C55H101NO13/c1-3-5-7-9-11-12-13-14-15-16-17-18-19-20-21-22-23-24-25-26-27-28-29-30-31-32-33-35-37-39-47(60)56-43(44(59)38-36-34-10-8-6-4-2)42-66-54-52(65)50(63)53(46(41-58)68-54)69-55-51(64)49(62)48(61)45(40-57)67-55/h13-14,16-17,19-20,43-46,48-55,57-59,61-65H,3-12,15,18,21-42H2,1-2H3,(H,56,60)/b14-13-,17-16-,20-19-. The topological polar surface area (TPSA) is 228 Å². The number of allylic oxidation sites excluding steroid dienone is 6. The lowest BCUT2D eigenvalue weighted by atomic mass is 9.97. The van der Waals surface area contributed by atoms with Gasteiger partial charge in [0.05, 0.1) is 32.0 Å². The number of carbonyl (C=O) groups excluding carboxylic acids is 1. The van der Waals surface area contributed by atoms with Crippen LogP contribution in [0.5, 0.6) is 0 Å². The molecule has 2 saturated heterocycles. The molecule has 0 spiro atoms. The summed E-state index contributed by atoms with van der Waals surface area (Å²) >= 11 is 0. The van der Waals surface area contributed by atoms with Crippen molar-refractivity contribution in [2.45, 2.75) is 286 Å². The van der Waals surface area contributed by atoms with Crippen LogP contribution >= 0.6 is 0 Å². The van der Waals surface area contributed by atoms with E-state index in [4.69, 9.17) is 18.9 Å². The zero-order valence-corrected chi connectivity index (χ0v) is 43.1. The highest BCUT2D eigenvalue weighted by Gasteiger charge is 2.51. The normalized spacial score (nSPS) is 26.4. The largest absolute Gasteiger partial charge is 0.394 e. The SMILES string of the molecule is CCCCCCC/C=C\C/C=C\C/C=C\CCCCCCCCCCCCCCCCC(=O)NC(COC1OC(CO)C(OC2OC(CO)C(O)C(O)C2O)C(O)C1O)C(O)CCCCCCCC. The molecule has 0 bridgehead atoms. The van der Waals surface area contributed by atoms with Gasteiger partial charge in [0, 0.05) is 6.42 Å². The highest BCUT2D eigenvalue weighted by molar-refractivity contribution is 5.76. The van der Waals surface area contributed by atoms with Crippen molar-refractivity contribution >= 4 is 5.91 Å². The van der Waals surface area contributed by atoms with E-state index in [1.807, 2.05) is 0 Å². The third-order valence-electron chi connectivity index (χ3n) is 13.6. The van der Waals surface area contributed by atoms with E-state index >= 15 is 0 Å². The first-order chi connectivity index (χ1) is 33.6. The molecular formula is C55H101NO13. The molecule has 2 aliphatic rings. The fraction of sp³-hybridized carbons (Fsp3) is 0.873. The second kappa shape index (κ2) is 41.7. The van der Waals surface area contributed by atoms with Gasteiger partial charge in [-0.3, -0.25) is 4.79 Å². The van der Waals surface area contributed by atoms with Crippen LogP contribution in [0.4, 0.5) is 0 Å². The van der Waals surface area contributed by atoms with Crippen LogP contribution in [0.2, 0.25) is 0 Å². The third-order valence-corrected chi connectivity index (χ3v) is 13.6. The fourth-order valence-corrected chi connectivity index (χ4v) is 9.07. The van der Waals surface area contributed by atoms with Gasteiger partial charge in [-0.15, -0.1) is 0 Å². The number of aliphatic hydroxyl groups is 8. The fourth-order valence-electron chi connectivity index (χ4n) is 9.07. The van der Waals surface area contributed by atoms with Gasteiger partial charge in [-0.05, 0) is 51.4 Å². The lowest BCUT2D eigenvalue weighted by Crippen LogP contribution is -2.65. The minimum atomic E-state index is -1.78. The molecular weight excluding hydrogens is 883 g/mol. The summed E-state index contributed by atoms with van der Waals surface area (Å²) in [5, 5.41) is 86.6. The molecule has 2 aliphatic heterocycles. The van der Waals surface area contributed by atoms with E-state index in [2.05, 4.69) is 55.6 Å². The van der Waals surface area contributed by atoms with Crippen LogP contribution in [-0.4, -0.2) is 140 Å². The molecule has 12 unspecified atom stereocenters. The van der Waals surface area contributed by atoms with Crippen molar-refractivity contribution in [3.63, 3.8) is 0 Å². The van der Waals surface area contributed by atoms with Crippen molar-refractivity contribution in [2.75, 3.05) is 19.8 Å². The molecule has 14 nitrogen and oxygen atoms in total. The van der Waals surface area contributed by atoms with Gasteiger partial charge in [-0.25, -0.2) is 0 Å². The molecule has 404 valence electrons. The number of hydrogen-bond acceptors (Lipinski definition) is 13. The number of rotatable bonds is 43. The summed E-state index contributed by atoms with van der Waals surface area (Å²) in [6, 6.07) is -0.825. The Bertz CT molecular complexity index is 1300. The molecule has 0 aromatic heterocycles.